The Kier molecular flexibility index (Phi) is 5.32. The van der Waals surface area contributed by atoms with E-state index in [9.17, 15) is 18.4 Å². The highest BCUT2D eigenvalue weighted by molar-refractivity contribution is 5.85. The van der Waals surface area contributed by atoms with Crippen molar-refractivity contribution in [2.45, 2.75) is 25.2 Å². The summed E-state index contributed by atoms with van der Waals surface area (Å²) < 4.78 is 27.3. The topological polar surface area (TPSA) is 75.4 Å². The molecule has 2 fully saturated rings. The van der Waals surface area contributed by atoms with E-state index in [0.717, 1.165) is 18.9 Å². The molecule has 0 radical (unpaired) electrons. The van der Waals surface area contributed by atoms with Crippen LogP contribution in [0.15, 0.2) is 18.2 Å². The van der Waals surface area contributed by atoms with Crippen LogP contribution in [-0.4, -0.2) is 42.9 Å². The van der Waals surface area contributed by atoms with Crippen LogP contribution in [0.5, 0.6) is 0 Å². The maximum Gasteiger partial charge on any atom is 0.226 e. The highest BCUT2D eigenvalue weighted by Crippen LogP contribution is 2.49. The lowest BCUT2D eigenvalue weighted by atomic mass is 9.96. The van der Waals surface area contributed by atoms with Crippen LogP contribution >= 0.6 is 0 Å². The van der Waals surface area contributed by atoms with Crippen molar-refractivity contribution in [3.8, 4) is 0 Å². The molecule has 3 rings (SSSR count). The largest absolute Gasteiger partial charge is 0.355 e. The summed E-state index contributed by atoms with van der Waals surface area (Å²) in [6, 6.07) is 4.08. The van der Waals surface area contributed by atoms with Gasteiger partial charge in [-0.1, -0.05) is 12.1 Å². The van der Waals surface area contributed by atoms with Crippen molar-refractivity contribution < 1.29 is 18.4 Å². The molecule has 3 N–H and O–H groups in total. The Bertz CT molecular complexity index is 668. The van der Waals surface area contributed by atoms with Crippen LogP contribution in [0.4, 0.5) is 8.78 Å². The van der Waals surface area contributed by atoms with Crippen LogP contribution in [0.1, 0.15) is 30.7 Å². The zero-order chi connectivity index (χ0) is 18.0. The van der Waals surface area contributed by atoms with Gasteiger partial charge >= 0.3 is 0 Å². The summed E-state index contributed by atoms with van der Waals surface area (Å²) in [6.07, 6.45) is 2.03. The molecule has 1 heterocycles. The number of nitrogens with one attached hydrogen (secondary N) is 1. The first kappa shape index (κ1) is 17.8. The van der Waals surface area contributed by atoms with E-state index in [-0.39, 0.29) is 35.1 Å². The van der Waals surface area contributed by atoms with Gasteiger partial charge in [0.1, 0.15) is 0 Å². The molecule has 1 aliphatic heterocycles. The molecule has 1 saturated carbocycles. The highest BCUT2D eigenvalue weighted by atomic mass is 19.2. The van der Waals surface area contributed by atoms with Gasteiger partial charge in [-0.3, -0.25) is 9.59 Å². The van der Waals surface area contributed by atoms with Crippen LogP contribution < -0.4 is 11.1 Å². The van der Waals surface area contributed by atoms with Crippen molar-refractivity contribution in [3.05, 3.63) is 35.4 Å². The molecule has 1 aliphatic carbocycles. The van der Waals surface area contributed by atoms with Gasteiger partial charge < -0.3 is 16.0 Å². The van der Waals surface area contributed by atoms with E-state index >= 15 is 0 Å². The lowest BCUT2D eigenvalue weighted by molar-refractivity contribution is -0.136. The Morgan fingerprint density at radius 1 is 1.32 bits per heavy atom. The molecule has 0 aromatic heterocycles. The summed E-state index contributed by atoms with van der Waals surface area (Å²) in [7, 11) is 0. The van der Waals surface area contributed by atoms with Gasteiger partial charge in [-0.2, -0.15) is 0 Å². The molecule has 3 unspecified atom stereocenters. The van der Waals surface area contributed by atoms with Gasteiger partial charge in [-0.15, -0.1) is 0 Å². The molecule has 1 aromatic rings. The van der Waals surface area contributed by atoms with Crippen LogP contribution in [0.2, 0.25) is 0 Å². The van der Waals surface area contributed by atoms with E-state index in [1.54, 1.807) is 4.90 Å². The SMILES string of the molecule is NCCNC(=O)C1CCCN(C(=O)C2CC2c2cccc(F)c2F)C1. The Hall–Kier alpha value is -2.02. The number of amides is 2. The van der Waals surface area contributed by atoms with Gasteiger partial charge in [0.15, 0.2) is 11.6 Å². The number of nitrogens with zero attached hydrogens (tertiary/aromatic N) is 1. The molecule has 2 amide bonds. The van der Waals surface area contributed by atoms with Gasteiger partial charge in [0.05, 0.1) is 5.92 Å². The molecule has 3 atom stereocenters. The zero-order valence-corrected chi connectivity index (χ0v) is 14.0. The summed E-state index contributed by atoms with van der Waals surface area (Å²) in [5.74, 6) is -2.70. The van der Waals surface area contributed by atoms with E-state index in [1.807, 2.05) is 0 Å². The number of hydrogen-bond donors (Lipinski definition) is 2. The normalized spacial score (nSPS) is 25.6. The Morgan fingerprint density at radius 3 is 2.88 bits per heavy atom. The number of benzene rings is 1. The van der Waals surface area contributed by atoms with Gasteiger partial charge in [0.2, 0.25) is 11.8 Å². The van der Waals surface area contributed by atoms with Crippen molar-refractivity contribution in [2.24, 2.45) is 17.6 Å². The molecule has 0 spiro atoms. The minimum Gasteiger partial charge on any atom is -0.355 e. The average Bonchev–Trinajstić information content (AvgIpc) is 3.42. The quantitative estimate of drug-likeness (QED) is 0.842. The first-order valence-corrected chi connectivity index (χ1v) is 8.73. The molecular formula is C18H23F2N3O2. The minimum atomic E-state index is -0.884. The van der Waals surface area contributed by atoms with E-state index < -0.39 is 11.6 Å². The second-order valence-corrected chi connectivity index (χ2v) is 6.79. The first-order chi connectivity index (χ1) is 12.0. The number of hydrogen-bond acceptors (Lipinski definition) is 3. The smallest absolute Gasteiger partial charge is 0.226 e. The maximum atomic E-state index is 13.9. The highest BCUT2D eigenvalue weighted by Gasteiger charge is 2.48. The predicted molar refractivity (Wildman–Crippen MR) is 88.6 cm³/mol. The van der Waals surface area contributed by atoms with Crippen LogP contribution in [0.3, 0.4) is 0 Å². The number of carbonyl (C=O) groups is 2. The fourth-order valence-corrected chi connectivity index (χ4v) is 3.58. The third-order valence-electron chi connectivity index (χ3n) is 5.04. The molecule has 1 saturated heterocycles. The number of likely N-dealkylation sites (tertiary alicyclic amines) is 1. The third-order valence-corrected chi connectivity index (χ3v) is 5.04. The Balaban J connectivity index is 1.60. The summed E-state index contributed by atoms with van der Waals surface area (Å²) in [5.41, 5.74) is 5.66. The molecular weight excluding hydrogens is 328 g/mol. The van der Waals surface area contributed by atoms with Crippen LogP contribution in [0.25, 0.3) is 0 Å². The molecule has 7 heteroatoms. The number of halogens is 2. The van der Waals surface area contributed by atoms with Gasteiger partial charge in [-0.05, 0) is 36.8 Å². The van der Waals surface area contributed by atoms with E-state index in [0.29, 0.717) is 32.6 Å². The second-order valence-electron chi connectivity index (χ2n) is 6.79. The number of rotatable bonds is 5. The van der Waals surface area contributed by atoms with Crippen molar-refractivity contribution in [2.75, 3.05) is 26.2 Å². The van der Waals surface area contributed by atoms with Crippen molar-refractivity contribution in [1.29, 1.82) is 0 Å². The molecule has 0 bridgehead atoms. The number of carbonyl (C=O) groups excluding carboxylic acids is 2. The van der Waals surface area contributed by atoms with Crippen LogP contribution in [0, 0.1) is 23.5 Å². The van der Waals surface area contributed by atoms with Gasteiger partial charge in [0.25, 0.3) is 0 Å². The lowest BCUT2D eigenvalue weighted by Gasteiger charge is -2.32. The monoisotopic (exact) mass is 351 g/mol. The average molecular weight is 351 g/mol. The third kappa shape index (κ3) is 3.81. The van der Waals surface area contributed by atoms with Gasteiger partial charge in [-0.25, -0.2) is 8.78 Å². The van der Waals surface area contributed by atoms with Gasteiger partial charge in [0, 0.05) is 32.1 Å². The lowest BCUT2D eigenvalue weighted by Crippen LogP contribution is -2.46. The van der Waals surface area contributed by atoms with E-state index in [4.69, 9.17) is 5.73 Å². The fourth-order valence-electron chi connectivity index (χ4n) is 3.58. The molecule has 2 aliphatic rings. The Morgan fingerprint density at radius 2 is 2.12 bits per heavy atom. The summed E-state index contributed by atoms with van der Waals surface area (Å²) in [4.78, 5) is 26.5. The predicted octanol–water partition coefficient (Wildman–Crippen LogP) is 1.38. The van der Waals surface area contributed by atoms with Crippen molar-refractivity contribution in [3.63, 3.8) is 0 Å². The molecule has 136 valence electrons. The fraction of sp³-hybridized carbons (Fsp3) is 0.556. The minimum absolute atomic E-state index is 0.0648. The van der Waals surface area contributed by atoms with Crippen molar-refractivity contribution in [1.82, 2.24) is 10.2 Å². The van der Waals surface area contributed by atoms with Crippen molar-refractivity contribution >= 4 is 11.8 Å². The number of nitrogens with two attached hydrogens (primary N) is 1. The summed E-state index contributed by atoms with van der Waals surface area (Å²) in [5, 5.41) is 2.76. The van der Waals surface area contributed by atoms with E-state index in [2.05, 4.69) is 5.32 Å². The first-order valence-electron chi connectivity index (χ1n) is 8.73. The summed E-state index contributed by atoms with van der Waals surface area (Å²) >= 11 is 0. The summed E-state index contributed by atoms with van der Waals surface area (Å²) in [6.45, 7) is 1.79. The van der Waals surface area contributed by atoms with E-state index in [1.165, 1.54) is 12.1 Å². The number of piperidine rings is 1. The van der Waals surface area contributed by atoms with Crippen LogP contribution in [-0.2, 0) is 9.59 Å². The molecule has 25 heavy (non-hydrogen) atoms. The Labute approximate surface area is 145 Å². The molecule has 1 aromatic carbocycles. The standard InChI is InChI=1S/C18H23F2N3O2/c19-15-5-1-4-12(16(15)20)13-9-14(13)18(25)23-8-2-3-11(10-23)17(24)22-7-6-21/h1,4-5,11,13-14H,2-3,6-10,21H2,(H,22,24). The second kappa shape index (κ2) is 7.47. The maximum absolute atomic E-state index is 13.9. The zero-order valence-electron chi connectivity index (χ0n) is 14.0. The molecule has 5 nitrogen and oxygen atoms in total.